The van der Waals surface area contributed by atoms with Crippen LogP contribution in [0.3, 0.4) is 0 Å². The van der Waals surface area contributed by atoms with Crippen LogP contribution in [-0.2, 0) is 4.79 Å². The molecule has 1 N–H and O–H groups in total. The summed E-state index contributed by atoms with van der Waals surface area (Å²) in [6.07, 6.45) is 0.100. The van der Waals surface area contributed by atoms with E-state index in [0.717, 1.165) is 5.56 Å². The zero-order chi connectivity index (χ0) is 14.6. The lowest BCUT2D eigenvalue weighted by Gasteiger charge is -2.40. The van der Waals surface area contributed by atoms with Gasteiger partial charge in [0.2, 0.25) is 0 Å². The third kappa shape index (κ3) is 4.63. The summed E-state index contributed by atoms with van der Waals surface area (Å²) in [7, 11) is 0. The summed E-state index contributed by atoms with van der Waals surface area (Å²) in [5.74, 6) is -1.07. The second-order valence-electron chi connectivity index (χ2n) is 5.74. The molecular weight excluding hydrogens is 245 g/mol. The van der Waals surface area contributed by atoms with Crippen molar-refractivity contribution >= 4 is 5.97 Å². The summed E-state index contributed by atoms with van der Waals surface area (Å²) in [6.45, 7) is 8.64. The van der Waals surface area contributed by atoms with Crippen LogP contribution in [0.1, 0.15) is 45.7 Å². The highest BCUT2D eigenvalue weighted by Gasteiger charge is 2.27. The van der Waals surface area contributed by atoms with Gasteiger partial charge in [0, 0.05) is 18.1 Å². The topological polar surface area (TPSA) is 40.5 Å². The first-order chi connectivity index (χ1) is 8.71. The fourth-order valence-corrected chi connectivity index (χ4v) is 2.25. The van der Waals surface area contributed by atoms with Crippen LogP contribution >= 0.6 is 0 Å². The van der Waals surface area contributed by atoms with E-state index in [4.69, 9.17) is 5.11 Å². The van der Waals surface area contributed by atoms with Crippen LogP contribution in [0.5, 0.6) is 0 Å². The van der Waals surface area contributed by atoms with Crippen molar-refractivity contribution in [3.63, 3.8) is 0 Å². The number of benzene rings is 1. The van der Waals surface area contributed by atoms with Crippen molar-refractivity contribution < 1.29 is 14.3 Å². The van der Waals surface area contributed by atoms with E-state index < -0.39 is 5.97 Å². The van der Waals surface area contributed by atoms with Crippen LogP contribution in [0.2, 0.25) is 0 Å². The lowest BCUT2D eigenvalue weighted by atomic mass is 9.98. The van der Waals surface area contributed by atoms with E-state index in [1.165, 1.54) is 12.1 Å². The summed E-state index contributed by atoms with van der Waals surface area (Å²) in [5, 5.41) is 8.84. The van der Waals surface area contributed by atoms with E-state index in [0.29, 0.717) is 6.54 Å². The minimum absolute atomic E-state index is 0.0416. The largest absolute Gasteiger partial charge is 0.481 e. The molecule has 0 radical (unpaired) electrons. The van der Waals surface area contributed by atoms with Gasteiger partial charge in [0.05, 0.1) is 6.42 Å². The van der Waals surface area contributed by atoms with Gasteiger partial charge in [-0.3, -0.25) is 9.69 Å². The average Bonchev–Trinajstić information content (AvgIpc) is 2.27. The predicted octanol–water partition coefficient (Wildman–Crippen LogP) is 3.46. The van der Waals surface area contributed by atoms with Crippen molar-refractivity contribution in [2.45, 2.75) is 45.7 Å². The molecule has 0 aromatic heterocycles. The van der Waals surface area contributed by atoms with Gasteiger partial charge in [0.1, 0.15) is 5.82 Å². The van der Waals surface area contributed by atoms with E-state index in [2.05, 4.69) is 25.7 Å². The number of carboxylic acids is 1. The molecule has 0 bridgehead atoms. The molecule has 0 saturated heterocycles. The molecule has 0 saturated carbocycles. The van der Waals surface area contributed by atoms with Crippen LogP contribution in [0, 0.1) is 5.82 Å². The number of hydrogen-bond donors (Lipinski definition) is 1. The molecule has 0 spiro atoms. The standard InChI is InChI=1S/C15H22FNO2/c1-11(12-5-7-13(16)8-6-12)17(15(2,3)4)10-9-14(18)19/h5-8,11H,9-10H2,1-4H3,(H,18,19). The number of nitrogens with zero attached hydrogens (tertiary/aromatic N) is 1. The molecule has 106 valence electrons. The third-order valence-electron chi connectivity index (χ3n) is 3.25. The van der Waals surface area contributed by atoms with Crippen LogP contribution in [0.25, 0.3) is 0 Å². The lowest BCUT2D eigenvalue weighted by molar-refractivity contribution is -0.137. The molecule has 0 amide bonds. The van der Waals surface area contributed by atoms with Crippen LogP contribution in [0.4, 0.5) is 4.39 Å². The average molecular weight is 267 g/mol. The minimum atomic E-state index is -0.805. The third-order valence-corrected chi connectivity index (χ3v) is 3.25. The first kappa shape index (κ1) is 15.6. The van der Waals surface area contributed by atoms with Crippen molar-refractivity contribution in [1.29, 1.82) is 0 Å². The summed E-state index contributed by atoms with van der Waals surface area (Å²) >= 11 is 0. The maximum absolute atomic E-state index is 12.9. The number of carbonyl (C=O) groups is 1. The molecule has 3 nitrogen and oxygen atoms in total. The van der Waals surface area contributed by atoms with Crippen LogP contribution in [-0.4, -0.2) is 28.1 Å². The molecule has 1 aromatic rings. The van der Waals surface area contributed by atoms with Crippen molar-refractivity contribution in [3.05, 3.63) is 35.6 Å². The molecule has 1 atom stereocenters. The Labute approximate surface area is 114 Å². The molecule has 0 aliphatic carbocycles. The summed E-state index contributed by atoms with van der Waals surface area (Å²) in [6, 6.07) is 6.41. The van der Waals surface area contributed by atoms with E-state index in [1.54, 1.807) is 12.1 Å². The Kier molecular flexibility index (Phi) is 5.06. The Morgan fingerprint density at radius 3 is 2.26 bits per heavy atom. The maximum Gasteiger partial charge on any atom is 0.304 e. The molecule has 0 aliphatic rings. The fraction of sp³-hybridized carbons (Fsp3) is 0.533. The van der Waals surface area contributed by atoms with Gasteiger partial charge in [-0.1, -0.05) is 12.1 Å². The van der Waals surface area contributed by atoms with E-state index in [1.807, 2.05) is 6.92 Å². The number of hydrogen-bond acceptors (Lipinski definition) is 2. The van der Waals surface area contributed by atoms with E-state index in [9.17, 15) is 9.18 Å². The molecule has 0 fully saturated rings. The van der Waals surface area contributed by atoms with Crippen molar-refractivity contribution in [2.75, 3.05) is 6.54 Å². The van der Waals surface area contributed by atoms with E-state index in [-0.39, 0.29) is 23.8 Å². The number of carboxylic acid groups (broad SMARTS) is 1. The van der Waals surface area contributed by atoms with Crippen molar-refractivity contribution in [1.82, 2.24) is 4.90 Å². The van der Waals surface area contributed by atoms with Gasteiger partial charge in [-0.25, -0.2) is 4.39 Å². The van der Waals surface area contributed by atoms with E-state index >= 15 is 0 Å². The second-order valence-corrected chi connectivity index (χ2v) is 5.74. The van der Waals surface area contributed by atoms with Crippen LogP contribution < -0.4 is 0 Å². The summed E-state index contributed by atoms with van der Waals surface area (Å²) in [5.41, 5.74) is 0.838. The highest BCUT2D eigenvalue weighted by molar-refractivity contribution is 5.66. The molecule has 19 heavy (non-hydrogen) atoms. The highest BCUT2D eigenvalue weighted by atomic mass is 19.1. The maximum atomic E-state index is 12.9. The molecule has 4 heteroatoms. The summed E-state index contributed by atoms with van der Waals surface area (Å²) in [4.78, 5) is 12.9. The SMILES string of the molecule is CC(c1ccc(F)cc1)N(CCC(=O)O)C(C)(C)C. The molecule has 1 aromatic carbocycles. The molecule has 0 heterocycles. The minimum Gasteiger partial charge on any atom is -0.481 e. The van der Waals surface area contributed by atoms with Gasteiger partial charge in [0.15, 0.2) is 0 Å². The monoisotopic (exact) mass is 267 g/mol. The van der Waals surface area contributed by atoms with Gasteiger partial charge in [-0.15, -0.1) is 0 Å². The van der Waals surface area contributed by atoms with Crippen LogP contribution in [0.15, 0.2) is 24.3 Å². The smallest absolute Gasteiger partial charge is 0.304 e. The molecule has 0 aliphatic heterocycles. The Morgan fingerprint density at radius 2 is 1.84 bits per heavy atom. The number of aliphatic carboxylic acids is 1. The van der Waals surface area contributed by atoms with Crippen molar-refractivity contribution in [3.8, 4) is 0 Å². The van der Waals surface area contributed by atoms with Gasteiger partial charge in [-0.2, -0.15) is 0 Å². The Hall–Kier alpha value is -1.42. The fourth-order valence-electron chi connectivity index (χ4n) is 2.25. The second kappa shape index (κ2) is 6.15. The van der Waals surface area contributed by atoms with Gasteiger partial charge >= 0.3 is 5.97 Å². The highest BCUT2D eigenvalue weighted by Crippen LogP contribution is 2.28. The summed E-state index contributed by atoms with van der Waals surface area (Å²) < 4.78 is 12.9. The first-order valence-corrected chi connectivity index (χ1v) is 6.46. The quantitative estimate of drug-likeness (QED) is 0.888. The zero-order valence-electron chi connectivity index (χ0n) is 12.0. The Morgan fingerprint density at radius 1 is 1.32 bits per heavy atom. The Balaban J connectivity index is 2.90. The Bertz CT molecular complexity index is 423. The molecular formula is C15H22FNO2. The number of halogens is 1. The predicted molar refractivity (Wildman–Crippen MR) is 73.5 cm³/mol. The number of rotatable bonds is 5. The van der Waals surface area contributed by atoms with Gasteiger partial charge in [-0.05, 0) is 45.4 Å². The normalized spacial score (nSPS) is 13.6. The first-order valence-electron chi connectivity index (χ1n) is 6.46. The van der Waals surface area contributed by atoms with Crippen molar-refractivity contribution in [2.24, 2.45) is 0 Å². The lowest BCUT2D eigenvalue weighted by Crippen LogP contribution is -2.44. The van der Waals surface area contributed by atoms with Gasteiger partial charge in [0.25, 0.3) is 0 Å². The molecule has 1 unspecified atom stereocenters. The zero-order valence-corrected chi connectivity index (χ0v) is 12.0. The molecule has 1 rings (SSSR count). The van der Waals surface area contributed by atoms with Gasteiger partial charge < -0.3 is 5.11 Å².